The Morgan fingerprint density at radius 2 is 1.88 bits per heavy atom. The van der Waals surface area contributed by atoms with Crippen LogP contribution in [-0.2, 0) is 0 Å². The smallest absolute Gasteiger partial charge is 0.128 e. The molecule has 2 nitrogen and oxygen atoms in total. The first kappa shape index (κ1) is 10.6. The molecule has 0 unspecified atom stereocenters. The molecule has 1 aliphatic heterocycles. The topological polar surface area (TPSA) is 16.1 Å². The monoisotopic (exact) mass is 280 g/mol. The lowest BCUT2D eigenvalue weighted by Crippen LogP contribution is -2.57. The highest BCUT2D eigenvalue weighted by Crippen LogP contribution is 2.44. The Labute approximate surface area is 105 Å². The second kappa shape index (κ2) is 4.02. The molecule has 1 saturated heterocycles. The van der Waals surface area contributed by atoms with E-state index in [2.05, 4.69) is 37.9 Å². The molecule has 0 amide bonds. The maximum atomic E-state index is 4.46. The second-order valence-electron chi connectivity index (χ2n) is 5.25. The molecule has 1 aromatic heterocycles. The number of hydrogen-bond donors (Lipinski definition) is 0. The SMILES string of the molecule is Brc1ccc(N2CC3(CCCCC3)C2)nc1. The van der Waals surface area contributed by atoms with Crippen molar-refractivity contribution >= 4 is 21.7 Å². The summed E-state index contributed by atoms with van der Waals surface area (Å²) in [4.78, 5) is 6.87. The van der Waals surface area contributed by atoms with Crippen molar-refractivity contribution in [1.29, 1.82) is 0 Å². The van der Waals surface area contributed by atoms with E-state index in [-0.39, 0.29) is 0 Å². The van der Waals surface area contributed by atoms with E-state index in [1.807, 2.05) is 6.20 Å². The van der Waals surface area contributed by atoms with Gasteiger partial charge in [0.1, 0.15) is 5.82 Å². The molecule has 0 aromatic carbocycles. The zero-order chi connectivity index (χ0) is 11.0. The van der Waals surface area contributed by atoms with E-state index >= 15 is 0 Å². The van der Waals surface area contributed by atoms with E-state index < -0.39 is 0 Å². The molecule has 86 valence electrons. The average molecular weight is 281 g/mol. The van der Waals surface area contributed by atoms with Crippen molar-refractivity contribution < 1.29 is 0 Å². The third-order valence-electron chi connectivity index (χ3n) is 4.00. The highest BCUT2D eigenvalue weighted by Gasteiger charge is 2.43. The van der Waals surface area contributed by atoms with Gasteiger partial charge in [-0.25, -0.2) is 4.98 Å². The number of aromatic nitrogens is 1. The molecular formula is C13H17BrN2. The van der Waals surface area contributed by atoms with Gasteiger partial charge in [-0.1, -0.05) is 19.3 Å². The molecular weight excluding hydrogens is 264 g/mol. The van der Waals surface area contributed by atoms with Crippen LogP contribution in [-0.4, -0.2) is 18.1 Å². The summed E-state index contributed by atoms with van der Waals surface area (Å²) in [6.07, 6.45) is 9.06. The van der Waals surface area contributed by atoms with Crippen molar-refractivity contribution in [3.63, 3.8) is 0 Å². The van der Waals surface area contributed by atoms with Crippen LogP contribution in [0.5, 0.6) is 0 Å². The van der Waals surface area contributed by atoms with E-state index in [0.29, 0.717) is 5.41 Å². The van der Waals surface area contributed by atoms with Gasteiger partial charge in [0.15, 0.2) is 0 Å². The van der Waals surface area contributed by atoms with Crippen molar-refractivity contribution in [3.05, 3.63) is 22.8 Å². The third-order valence-corrected chi connectivity index (χ3v) is 4.47. The summed E-state index contributed by atoms with van der Waals surface area (Å²) < 4.78 is 1.06. The standard InChI is InChI=1S/C13H17BrN2/c14-11-4-5-12(15-8-11)16-9-13(10-16)6-2-1-3-7-13/h4-5,8H,1-3,6-7,9-10H2. The van der Waals surface area contributed by atoms with Crippen LogP contribution in [0.1, 0.15) is 32.1 Å². The van der Waals surface area contributed by atoms with Crippen LogP contribution >= 0.6 is 15.9 Å². The number of pyridine rings is 1. The molecule has 0 bridgehead atoms. The van der Waals surface area contributed by atoms with Gasteiger partial charge in [-0.15, -0.1) is 0 Å². The predicted octanol–water partition coefficient (Wildman–Crippen LogP) is 3.61. The van der Waals surface area contributed by atoms with Gasteiger partial charge in [0.2, 0.25) is 0 Å². The minimum absolute atomic E-state index is 0.646. The molecule has 16 heavy (non-hydrogen) atoms. The number of hydrogen-bond acceptors (Lipinski definition) is 2. The van der Waals surface area contributed by atoms with Crippen LogP contribution in [0.4, 0.5) is 5.82 Å². The summed E-state index contributed by atoms with van der Waals surface area (Å²) in [5.41, 5.74) is 0.646. The van der Waals surface area contributed by atoms with Crippen molar-refractivity contribution in [2.24, 2.45) is 5.41 Å². The fourth-order valence-electron chi connectivity index (χ4n) is 3.10. The second-order valence-corrected chi connectivity index (χ2v) is 6.17. The summed E-state index contributed by atoms with van der Waals surface area (Å²) in [5, 5.41) is 0. The van der Waals surface area contributed by atoms with E-state index in [9.17, 15) is 0 Å². The van der Waals surface area contributed by atoms with Crippen LogP contribution < -0.4 is 4.90 Å². The van der Waals surface area contributed by atoms with Gasteiger partial charge in [0, 0.05) is 29.2 Å². The maximum Gasteiger partial charge on any atom is 0.128 e. The Kier molecular flexibility index (Phi) is 2.66. The first-order valence-corrected chi connectivity index (χ1v) is 6.93. The zero-order valence-electron chi connectivity index (χ0n) is 9.45. The molecule has 2 aliphatic rings. The normalized spacial score (nSPS) is 23.2. The number of halogens is 1. The molecule has 1 spiro atoms. The number of anilines is 1. The Hall–Kier alpha value is -0.570. The van der Waals surface area contributed by atoms with Gasteiger partial charge in [-0.2, -0.15) is 0 Å². The minimum atomic E-state index is 0.646. The van der Waals surface area contributed by atoms with Crippen LogP contribution in [0.25, 0.3) is 0 Å². The fourth-order valence-corrected chi connectivity index (χ4v) is 3.33. The Morgan fingerprint density at radius 3 is 2.50 bits per heavy atom. The highest BCUT2D eigenvalue weighted by atomic mass is 79.9. The lowest BCUT2D eigenvalue weighted by molar-refractivity contribution is 0.138. The van der Waals surface area contributed by atoms with Crippen LogP contribution in [0, 0.1) is 5.41 Å². The lowest BCUT2D eigenvalue weighted by Gasteiger charge is -2.53. The first-order chi connectivity index (χ1) is 7.77. The molecule has 3 rings (SSSR count). The molecule has 2 fully saturated rings. The zero-order valence-corrected chi connectivity index (χ0v) is 11.0. The van der Waals surface area contributed by atoms with Gasteiger partial charge in [-0.3, -0.25) is 0 Å². The van der Waals surface area contributed by atoms with Crippen molar-refractivity contribution in [2.45, 2.75) is 32.1 Å². The number of rotatable bonds is 1. The minimum Gasteiger partial charge on any atom is -0.355 e. The lowest BCUT2D eigenvalue weighted by atomic mass is 9.69. The van der Waals surface area contributed by atoms with Gasteiger partial charge in [0.25, 0.3) is 0 Å². The van der Waals surface area contributed by atoms with Gasteiger partial charge in [0.05, 0.1) is 0 Å². The summed E-state index contributed by atoms with van der Waals surface area (Å²) in [6.45, 7) is 2.45. The summed E-state index contributed by atoms with van der Waals surface area (Å²) in [6, 6.07) is 4.19. The molecule has 0 atom stereocenters. The van der Waals surface area contributed by atoms with Gasteiger partial charge < -0.3 is 4.90 Å². The molecule has 1 saturated carbocycles. The van der Waals surface area contributed by atoms with Crippen LogP contribution in [0.3, 0.4) is 0 Å². The van der Waals surface area contributed by atoms with E-state index in [1.54, 1.807) is 0 Å². The summed E-state index contributed by atoms with van der Waals surface area (Å²) in [7, 11) is 0. The van der Waals surface area contributed by atoms with Crippen LogP contribution in [0.15, 0.2) is 22.8 Å². The summed E-state index contributed by atoms with van der Waals surface area (Å²) in [5.74, 6) is 1.14. The molecule has 1 aromatic rings. The summed E-state index contributed by atoms with van der Waals surface area (Å²) >= 11 is 3.42. The largest absolute Gasteiger partial charge is 0.355 e. The van der Waals surface area contributed by atoms with E-state index in [4.69, 9.17) is 0 Å². The Balaban J connectivity index is 1.66. The van der Waals surface area contributed by atoms with E-state index in [0.717, 1.165) is 10.3 Å². The predicted molar refractivity (Wildman–Crippen MR) is 69.7 cm³/mol. The maximum absolute atomic E-state index is 4.46. The highest BCUT2D eigenvalue weighted by molar-refractivity contribution is 9.10. The molecule has 0 N–H and O–H groups in total. The molecule has 1 aliphatic carbocycles. The third kappa shape index (κ3) is 1.86. The Morgan fingerprint density at radius 1 is 1.12 bits per heavy atom. The first-order valence-electron chi connectivity index (χ1n) is 6.14. The van der Waals surface area contributed by atoms with Crippen LogP contribution in [0.2, 0.25) is 0 Å². The quantitative estimate of drug-likeness (QED) is 0.781. The number of nitrogens with zero attached hydrogens (tertiary/aromatic N) is 2. The van der Waals surface area contributed by atoms with Gasteiger partial charge >= 0.3 is 0 Å². The molecule has 3 heteroatoms. The van der Waals surface area contributed by atoms with Crippen molar-refractivity contribution in [1.82, 2.24) is 4.98 Å². The Bertz CT molecular complexity index is 360. The fraction of sp³-hybridized carbons (Fsp3) is 0.615. The van der Waals surface area contributed by atoms with E-state index in [1.165, 1.54) is 45.2 Å². The molecule has 0 radical (unpaired) electrons. The average Bonchev–Trinajstić information content (AvgIpc) is 2.28. The van der Waals surface area contributed by atoms with Crippen molar-refractivity contribution in [2.75, 3.05) is 18.0 Å². The molecule has 2 heterocycles. The van der Waals surface area contributed by atoms with Crippen molar-refractivity contribution in [3.8, 4) is 0 Å². The van der Waals surface area contributed by atoms with Gasteiger partial charge in [-0.05, 0) is 40.9 Å².